The lowest BCUT2D eigenvalue weighted by molar-refractivity contribution is -0.150. The summed E-state index contributed by atoms with van der Waals surface area (Å²) in [4.78, 5) is 24.9. The van der Waals surface area contributed by atoms with E-state index < -0.39 is 43.9 Å². The highest BCUT2D eigenvalue weighted by atomic mass is 31.2. The number of hydrogen-bond donors (Lipinski definition) is 2. The van der Waals surface area contributed by atoms with Gasteiger partial charge in [0.25, 0.3) is 0 Å². The van der Waals surface area contributed by atoms with E-state index in [1.54, 1.807) is 31.7 Å². The number of nitrogen functional groups attached to an aromatic ring is 1. The van der Waals surface area contributed by atoms with Crippen LogP contribution in [0.15, 0.2) is 36.9 Å². The Morgan fingerprint density at radius 3 is 2.58 bits per heavy atom. The summed E-state index contributed by atoms with van der Waals surface area (Å²) in [5.41, 5.74) is 6.82. The van der Waals surface area contributed by atoms with E-state index in [1.807, 2.05) is 0 Å². The van der Waals surface area contributed by atoms with Crippen LogP contribution in [0.5, 0.6) is 5.75 Å². The minimum atomic E-state index is -3.89. The fraction of sp³-hybridized carbons (Fsp3) is 0.455. The number of hydrogen-bond acceptors (Lipinski definition) is 10. The van der Waals surface area contributed by atoms with Crippen molar-refractivity contribution in [3.05, 3.63) is 42.7 Å². The van der Waals surface area contributed by atoms with Gasteiger partial charge in [0.15, 0.2) is 11.5 Å². The van der Waals surface area contributed by atoms with E-state index in [1.165, 1.54) is 37.7 Å². The number of carbonyl (C=O) groups excluding carboxylic acids is 1. The van der Waals surface area contributed by atoms with E-state index in [4.69, 9.17) is 24.5 Å². The first kappa shape index (κ1) is 27.5. The standard InChI is InChI=1S/C22H30FN6O6P/c1-14(2)34-22(30)18(10-32-4)28-36(31,35-17-7-5-16(23)6-8-17)13-33-15(3)9-29-12-27-19-20(24)25-11-26-21(19)29/h5-8,11-12,14-15,18H,9-10,13H2,1-4H3,(H,28,31)(H2,24,25,26)/t15-,18+,36?/m1/s1. The maximum atomic E-state index is 13.8. The number of fused-ring (bicyclic) bond motifs is 1. The number of nitrogens with one attached hydrogen (secondary N) is 1. The van der Waals surface area contributed by atoms with Gasteiger partial charge in [-0.15, -0.1) is 0 Å². The molecule has 0 bridgehead atoms. The number of aromatic nitrogens is 4. The summed E-state index contributed by atoms with van der Waals surface area (Å²) >= 11 is 0. The first-order chi connectivity index (χ1) is 17.1. The number of nitrogens with zero attached hydrogens (tertiary/aromatic N) is 4. The van der Waals surface area contributed by atoms with Gasteiger partial charge in [-0.25, -0.2) is 24.4 Å². The number of carbonyl (C=O) groups is 1. The van der Waals surface area contributed by atoms with Crippen LogP contribution in [0, 0.1) is 5.82 Å². The molecule has 14 heteroatoms. The predicted octanol–water partition coefficient (Wildman–Crippen LogP) is 2.74. The second kappa shape index (κ2) is 12.2. The normalized spacial score (nSPS) is 14.9. The third-order valence-electron chi connectivity index (χ3n) is 4.80. The number of ether oxygens (including phenoxy) is 3. The minimum absolute atomic E-state index is 0.125. The maximum absolute atomic E-state index is 13.8. The maximum Gasteiger partial charge on any atom is 0.342 e. The smallest absolute Gasteiger partial charge is 0.342 e. The summed E-state index contributed by atoms with van der Waals surface area (Å²) in [5.74, 6) is -0.759. The molecule has 0 saturated heterocycles. The summed E-state index contributed by atoms with van der Waals surface area (Å²) in [6.45, 7) is 5.33. The third kappa shape index (κ3) is 7.44. The number of rotatable bonds is 13. The molecule has 0 saturated carbocycles. The van der Waals surface area contributed by atoms with Gasteiger partial charge >= 0.3 is 13.5 Å². The summed E-state index contributed by atoms with van der Waals surface area (Å²) in [6, 6.07) is 3.89. The van der Waals surface area contributed by atoms with Crippen LogP contribution in [0.4, 0.5) is 10.2 Å². The van der Waals surface area contributed by atoms with Crippen LogP contribution in [-0.4, -0.2) is 63.8 Å². The number of imidazole rings is 1. The Bertz CT molecular complexity index is 1210. The second-order valence-electron chi connectivity index (χ2n) is 8.28. The zero-order valence-electron chi connectivity index (χ0n) is 20.5. The molecule has 3 N–H and O–H groups in total. The van der Waals surface area contributed by atoms with Crippen LogP contribution in [0.3, 0.4) is 0 Å². The van der Waals surface area contributed by atoms with Crippen molar-refractivity contribution in [2.24, 2.45) is 0 Å². The highest BCUT2D eigenvalue weighted by Gasteiger charge is 2.34. The number of benzene rings is 1. The molecular weight excluding hydrogens is 494 g/mol. The Morgan fingerprint density at radius 1 is 1.19 bits per heavy atom. The van der Waals surface area contributed by atoms with Gasteiger partial charge in [-0.1, -0.05) is 0 Å². The molecule has 2 aromatic heterocycles. The summed E-state index contributed by atoms with van der Waals surface area (Å²) < 4.78 is 50.8. The largest absolute Gasteiger partial charge is 0.462 e. The average molecular weight is 524 g/mol. The lowest BCUT2D eigenvalue weighted by Crippen LogP contribution is -2.42. The SMILES string of the molecule is COC[C@H](NP(=O)(CO[C@H](C)Cn1cnc2c(N)ncnc21)Oc1ccc(F)cc1)C(=O)OC(C)C. The number of nitrogens with two attached hydrogens (primary N) is 1. The van der Waals surface area contributed by atoms with Gasteiger partial charge in [-0.2, -0.15) is 0 Å². The summed E-state index contributed by atoms with van der Waals surface area (Å²) in [7, 11) is -2.49. The van der Waals surface area contributed by atoms with Crippen molar-refractivity contribution in [1.29, 1.82) is 0 Å². The van der Waals surface area contributed by atoms with Gasteiger partial charge in [-0.3, -0.25) is 9.36 Å². The van der Waals surface area contributed by atoms with Crippen molar-refractivity contribution >= 4 is 30.5 Å². The molecule has 1 unspecified atom stereocenters. The quantitative estimate of drug-likeness (QED) is 0.251. The summed E-state index contributed by atoms with van der Waals surface area (Å²) in [6.07, 6.45) is 1.61. The van der Waals surface area contributed by atoms with Crippen molar-refractivity contribution in [2.45, 2.75) is 45.6 Å². The number of anilines is 1. The number of esters is 1. The van der Waals surface area contributed by atoms with Crippen LogP contribution in [0.25, 0.3) is 11.2 Å². The highest BCUT2D eigenvalue weighted by Crippen LogP contribution is 2.44. The first-order valence-corrected chi connectivity index (χ1v) is 13.0. The van der Waals surface area contributed by atoms with Crippen molar-refractivity contribution in [1.82, 2.24) is 24.6 Å². The molecule has 0 spiro atoms. The fourth-order valence-electron chi connectivity index (χ4n) is 3.22. The zero-order chi connectivity index (χ0) is 26.3. The molecule has 196 valence electrons. The Hall–Kier alpha value is -3.12. The van der Waals surface area contributed by atoms with Gasteiger partial charge in [0, 0.05) is 7.11 Å². The highest BCUT2D eigenvalue weighted by molar-refractivity contribution is 7.57. The van der Waals surface area contributed by atoms with Crippen molar-refractivity contribution in [3.8, 4) is 5.75 Å². The molecule has 0 amide bonds. The fourth-order valence-corrected chi connectivity index (χ4v) is 4.97. The van der Waals surface area contributed by atoms with Crippen LogP contribution in [0.2, 0.25) is 0 Å². The molecule has 0 fully saturated rings. The van der Waals surface area contributed by atoms with Crippen molar-refractivity contribution in [2.75, 3.05) is 25.8 Å². The molecule has 0 radical (unpaired) electrons. The van der Waals surface area contributed by atoms with Gasteiger partial charge in [0.2, 0.25) is 0 Å². The molecule has 0 aliphatic carbocycles. The molecule has 0 aliphatic rings. The van der Waals surface area contributed by atoms with Crippen molar-refractivity contribution < 1.29 is 32.5 Å². The van der Waals surface area contributed by atoms with Crippen LogP contribution in [-0.2, 0) is 30.1 Å². The van der Waals surface area contributed by atoms with Gasteiger partial charge in [0.1, 0.15) is 35.8 Å². The zero-order valence-corrected chi connectivity index (χ0v) is 21.4. The monoisotopic (exact) mass is 524 g/mol. The molecule has 3 rings (SSSR count). The van der Waals surface area contributed by atoms with Gasteiger partial charge in [0.05, 0.1) is 31.7 Å². The molecule has 36 heavy (non-hydrogen) atoms. The molecule has 2 heterocycles. The van der Waals surface area contributed by atoms with Crippen LogP contribution >= 0.6 is 7.52 Å². The van der Waals surface area contributed by atoms with E-state index in [2.05, 4.69) is 20.0 Å². The summed E-state index contributed by atoms with van der Waals surface area (Å²) in [5, 5.41) is 2.71. The Morgan fingerprint density at radius 2 is 1.92 bits per heavy atom. The van der Waals surface area contributed by atoms with E-state index in [-0.39, 0.29) is 18.2 Å². The minimum Gasteiger partial charge on any atom is -0.462 e. The molecule has 0 aliphatic heterocycles. The Kier molecular flexibility index (Phi) is 9.32. The lowest BCUT2D eigenvalue weighted by atomic mass is 10.3. The van der Waals surface area contributed by atoms with E-state index in [9.17, 15) is 13.8 Å². The molecular formula is C22H30FN6O6P. The van der Waals surface area contributed by atoms with Crippen LogP contribution < -0.4 is 15.3 Å². The second-order valence-corrected chi connectivity index (χ2v) is 10.3. The van der Waals surface area contributed by atoms with Gasteiger partial charge < -0.3 is 29.0 Å². The molecule has 3 atom stereocenters. The van der Waals surface area contributed by atoms with Crippen molar-refractivity contribution in [3.63, 3.8) is 0 Å². The van der Waals surface area contributed by atoms with Crippen LogP contribution in [0.1, 0.15) is 20.8 Å². The molecule has 3 aromatic rings. The van der Waals surface area contributed by atoms with E-state index >= 15 is 0 Å². The average Bonchev–Trinajstić information content (AvgIpc) is 3.23. The third-order valence-corrected chi connectivity index (χ3v) is 6.50. The lowest BCUT2D eigenvalue weighted by Gasteiger charge is -2.26. The van der Waals surface area contributed by atoms with Gasteiger partial charge in [-0.05, 0) is 45.0 Å². The van der Waals surface area contributed by atoms with E-state index in [0.717, 1.165) is 0 Å². The predicted molar refractivity (Wildman–Crippen MR) is 130 cm³/mol. The molecule has 1 aromatic carbocycles. The molecule has 12 nitrogen and oxygen atoms in total. The van der Waals surface area contributed by atoms with E-state index in [0.29, 0.717) is 17.7 Å². The number of halogens is 1. The first-order valence-electron chi connectivity index (χ1n) is 11.1. The Labute approximate surface area is 207 Å². The topological polar surface area (TPSA) is 153 Å². The Balaban J connectivity index is 1.76. The number of methoxy groups -OCH3 is 1.